The first-order valence-corrected chi connectivity index (χ1v) is 6.15. The smallest absolute Gasteiger partial charge is 0.436 e. The van der Waals surface area contributed by atoms with Crippen LogP contribution >= 0.6 is 0 Å². The van der Waals surface area contributed by atoms with Gasteiger partial charge in [-0.25, -0.2) is 4.79 Å². The second-order valence-electron chi connectivity index (χ2n) is 4.49. The Morgan fingerprint density at radius 3 is 2.68 bits per heavy atom. The number of esters is 1. The van der Waals surface area contributed by atoms with Crippen LogP contribution in [0.1, 0.15) is 16.2 Å². The van der Waals surface area contributed by atoms with Crippen molar-refractivity contribution in [3.63, 3.8) is 0 Å². The van der Waals surface area contributed by atoms with Gasteiger partial charge in [0.15, 0.2) is 11.5 Å². The zero-order valence-corrected chi connectivity index (χ0v) is 11.2. The first-order valence-electron chi connectivity index (χ1n) is 6.15. The summed E-state index contributed by atoms with van der Waals surface area (Å²) < 4.78 is 47.4. The third-order valence-corrected chi connectivity index (χ3v) is 3.14. The minimum absolute atomic E-state index is 0.00794. The largest absolute Gasteiger partial charge is 0.464 e. The van der Waals surface area contributed by atoms with Gasteiger partial charge in [-0.05, 0) is 6.07 Å². The molecule has 0 saturated heterocycles. The summed E-state index contributed by atoms with van der Waals surface area (Å²) in [5.74, 6) is -0.874. The summed E-state index contributed by atoms with van der Waals surface area (Å²) in [6.45, 7) is 0. The molecule has 3 rings (SSSR count). The SMILES string of the molecule is COC(=O)c1[nH]c2ccccc2c1-c1cc(C(F)(F)F)no1. The number of aromatic amines is 1. The second kappa shape index (κ2) is 4.90. The van der Waals surface area contributed by atoms with E-state index >= 15 is 0 Å². The van der Waals surface area contributed by atoms with Crippen molar-refractivity contribution in [3.05, 3.63) is 41.7 Å². The number of alkyl halides is 3. The molecule has 1 N–H and O–H groups in total. The lowest BCUT2D eigenvalue weighted by atomic mass is 10.1. The van der Waals surface area contributed by atoms with Crippen molar-refractivity contribution in [2.75, 3.05) is 7.11 Å². The minimum atomic E-state index is -4.63. The number of para-hydroxylation sites is 1. The molecule has 114 valence electrons. The number of aromatic nitrogens is 2. The monoisotopic (exact) mass is 310 g/mol. The van der Waals surface area contributed by atoms with Crippen LogP contribution in [-0.4, -0.2) is 23.2 Å². The predicted octanol–water partition coefficient (Wildman–Crippen LogP) is 3.63. The van der Waals surface area contributed by atoms with Crippen LogP contribution in [0.4, 0.5) is 13.2 Å². The number of H-pyrrole nitrogens is 1. The van der Waals surface area contributed by atoms with Crippen molar-refractivity contribution >= 4 is 16.9 Å². The average molecular weight is 310 g/mol. The van der Waals surface area contributed by atoms with Crippen LogP contribution < -0.4 is 0 Å². The van der Waals surface area contributed by atoms with Crippen molar-refractivity contribution < 1.29 is 27.2 Å². The van der Waals surface area contributed by atoms with Crippen LogP contribution in [0.3, 0.4) is 0 Å². The number of carbonyl (C=O) groups is 1. The van der Waals surface area contributed by atoms with Gasteiger partial charge in [0.2, 0.25) is 0 Å². The molecule has 3 aromatic rings. The summed E-state index contributed by atoms with van der Waals surface area (Å²) in [5.41, 5.74) is -0.398. The quantitative estimate of drug-likeness (QED) is 0.734. The predicted molar refractivity (Wildman–Crippen MR) is 70.1 cm³/mol. The Kier molecular flexibility index (Phi) is 3.16. The molecular weight excluding hydrogens is 301 g/mol. The van der Waals surface area contributed by atoms with Gasteiger partial charge in [-0.3, -0.25) is 0 Å². The molecule has 0 atom stereocenters. The number of hydrogen-bond donors (Lipinski definition) is 1. The van der Waals surface area contributed by atoms with Crippen molar-refractivity contribution in [1.82, 2.24) is 10.1 Å². The molecule has 5 nitrogen and oxygen atoms in total. The Hall–Kier alpha value is -2.77. The molecule has 22 heavy (non-hydrogen) atoms. The molecule has 0 amide bonds. The summed E-state index contributed by atoms with van der Waals surface area (Å²) in [6, 6.07) is 7.52. The van der Waals surface area contributed by atoms with Crippen molar-refractivity contribution in [2.24, 2.45) is 0 Å². The maximum Gasteiger partial charge on any atom is 0.436 e. The van der Waals surface area contributed by atoms with E-state index in [9.17, 15) is 18.0 Å². The van der Waals surface area contributed by atoms with E-state index in [0.717, 1.165) is 6.07 Å². The van der Waals surface area contributed by atoms with E-state index in [4.69, 9.17) is 4.52 Å². The van der Waals surface area contributed by atoms with Crippen LogP contribution in [0, 0.1) is 0 Å². The zero-order chi connectivity index (χ0) is 15.9. The standard InChI is InChI=1S/C14H9F3N2O3/c1-21-13(20)12-11(7-4-2-3-5-8(7)18-12)9-6-10(19-22-9)14(15,16)17/h2-6,18H,1H3. The third kappa shape index (κ3) is 2.22. The fraction of sp³-hybridized carbons (Fsp3) is 0.143. The van der Waals surface area contributed by atoms with E-state index < -0.39 is 17.8 Å². The number of carbonyl (C=O) groups excluding carboxylic acids is 1. The number of nitrogens with zero attached hydrogens (tertiary/aromatic N) is 1. The average Bonchev–Trinajstić information content (AvgIpc) is 3.09. The molecule has 0 saturated carbocycles. The highest BCUT2D eigenvalue weighted by atomic mass is 19.4. The summed E-state index contributed by atoms with van der Waals surface area (Å²) in [7, 11) is 1.18. The number of halogens is 3. The van der Waals surface area contributed by atoms with Gasteiger partial charge in [0, 0.05) is 17.0 Å². The van der Waals surface area contributed by atoms with E-state index in [0.29, 0.717) is 10.9 Å². The Labute approximate surface area is 121 Å². The molecule has 1 aromatic carbocycles. The Bertz CT molecular complexity index is 849. The number of fused-ring (bicyclic) bond motifs is 1. The number of methoxy groups -OCH3 is 1. The van der Waals surface area contributed by atoms with Crippen LogP contribution in [0.2, 0.25) is 0 Å². The minimum Gasteiger partial charge on any atom is -0.464 e. The number of ether oxygens (including phenoxy) is 1. The van der Waals surface area contributed by atoms with E-state index in [2.05, 4.69) is 14.9 Å². The Morgan fingerprint density at radius 2 is 2.05 bits per heavy atom. The Morgan fingerprint density at radius 1 is 1.32 bits per heavy atom. The zero-order valence-electron chi connectivity index (χ0n) is 11.2. The van der Waals surface area contributed by atoms with Crippen molar-refractivity contribution in [3.8, 4) is 11.3 Å². The molecule has 8 heteroatoms. The van der Waals surface area contributed by atoms with Gasteiger partial charge >= 0.3 is 12.1 Å². The molecule has 0 unspecified atom stereocenters. The number of nitrogens with one attached hydrogen (secondary N) is 1. The van der Waals surface area contributed by atoms with Gasteiger partial charge in [0.25, 0.3) is 0 Å². The summed E-state index contributed by atoms with van der Waals surface area (Å²) in [4.78, 5) is 14.7. The topological polar surface area (TPSA) is 68.1 Å². The van der Waals surface area contributed by atoms with Gasteiger partial charge in [-0.2, -0.15) is 13.2 Å². The molecule has 2 heterocycles. The molecule has 0 aliphatic carbocycles. The summed E-state index contributed by atoms with van der Waals surface area (Å²) in [5, 5.41) is 3.55. The lowest BCUT2D eigenvalue weighted by Gasteiger charge is -1.99. The van der Waals surface area contributed by atoms with Crippen LogP contribution in [-0.2, 0) is 10.9 Å². The van der Waals surface area contributed by atoms with Gasteiger partial charge in [0.05, 0.1) is 12.7 Å². The Balaban J connectivity index is 2.24. The van der Waals surface area contributed by atoms with Crippen LogP contribution in [0.15, 0.2) is 34.9 Å². The summed E-state index contributed by atoms with van der Waals surface area (Å²) in [6.07, 6.45) is -4.63. The fourth-order valence-electron chi connectivity index (χ4n) is 2.18. The van der Waals surface area contributed by atoms with E-state index in [1.54, 1.807) is 24.3 Å². The maximum atomic E-state index is 12.7. The highest BCUT2D eigenvalue weighted by Gasteiger charge is 2.36. The van der Waals surface area contributed by atoms with Gasteiger partial charge in [-0.15, -0.1) is 0 Å². The maximum absolute atomic E-state index is 12.7. The molecule has 0 aliphatic rings. The molecule has 0 fully saturated rings. The van der Waals surface area contributed by atoms with Gasteiger partial charge < -0.3 is 14.2 Å². The lowest BCUT2D eigenvalue weighted by molar-refractivity contribution is -0.142. The van der Waals surface area contributed by atoms with Gasteiger partial charge in [0.1, 0.15) is 5.69 Å². The first kappa shape index (κ1) is 14.2. The number of benzene rings is 1. The normalized spacial score (nSPS) is 11.8. The van der Waals surface area contributed by atoms with E-state index in [1.807, 2.05) is 0 Å². The second-order valence-corrected chi connectivity index (χ2v) is 4.49. The molecular formula is C14H9F3N2O3. The molecule has 0 spiro atoms. The van der Waals surface area contributed by atoms with E-state index in [-0.39, 0.29) is 17.0 Å². The van der Waals surface area contributed by atoms with Gasteiger partial charge in [-0.1, -0.05) is 23.4 Å². The van der Waals surface area contributed by atoms with Crippen LogP contribution in [0.25, 0.3) is 22.2 Å². The van der Waals surface area contributed by atoms with Crippen molar-refractivity contribution in [2.45, 2.75) is 6.18 Å². The summed E-state index contributed by atoms with van der Waals surface area (Å²) >= 11 is 0. The highest BCUT2D eigenvalue weighted by molar-refractivity contribution is 6.07. The number of rotatable bonds is 2. The van der Waals surface area contributed by atoms with Crippen molar-refractivity contribution in [1.29, 1.82) is 0 Å². The molecule has 0 radical (unpaired) electrons. The first-order chi connectivity index (χ1) is 10.4. The molecule has 0 bridgehead atoms. The number of hydrogen-bond acceptors (Lipinski definition) is 4. The van der Waals surface area contributed by atoms with Crippen LogP contribution in [0.5, 0.6) is 0 Å². The van der Waals surface area contributed by atoms with E-state index in [1.165, 1.54) is 7.11 Å². The third-order valence-electron chi connectivity index (χ3n) is 3.14. The molecule has 0 aliphatic heterocycles. The lowest BCUT2D eigenvalue weighted by Crippen LogP contribution is -2.04. The fourth-order valence-corrected chi connectivity index (χ4v) is 2.18. The molecule has 2 aromatic heterocycles. The highest BCUT2D eigenvalue weighted by Crippen LogP contribution is 2.36.